The zero-order valence-electron chi connectivity index (χ0n) is 9.31. The van der Waals surface area contributed by atoms with Gasteiger partial charge in [0.2, 0.25) is 0 Å². The van der Waals surface area contributed by atoms with Crippen LogP contribution in [0.3, 0.4) is 0 Å². The van der Waals surface area contributed by atoms with Crippen molar-refractivity contribution in [2.75, 3.05) is 0 Å². The first kappa shape index (κ1) is 12.3. The predicted molar refractivity (Wildman–Crippen MR) is 71.6 cm³/mol. The highest BCUT2D eigenvalue weighted by atomic mass is 79.9. The number of H-pyrrole nitrogens is 1. The molecule has 0 aliphatic carbocycles. The molecule has 0 saturated carbocycles. The minimum Gasteiger partial charge on any atom is -0.486 e. The molecule has 0 amide bonds. The second-order valence-corrected chi connectivity index (χ2v) is 4.73. The Morgan fingerprint density at radius 3 is 2.76 bits per heavy atom. The van der Waals surface area contributed by atoms with E-state index in [1.807, 2.05) is 35.8 Å². The van der Waals surface area contributed by atoms with E-state index in [2.05, 4.69) is 26.1 Å². The normalized spacial score (nSPS) is 10.5. The topological polar surface area (TPSA) is 42.8 Å². The van der Waals surface area contributed by atoms with Crippen LogP contribution in [0.2, 0.25) is 0 Å². The fourth-order valence-corrected chi connectivity index (χ4v) is 2.01. The van der Waals surface area contributed by atoms with Crippen molar-refractivity contribution in [3.8, 4) is 5.75 Å². The van der Waals surface area contributed by atoms with Crippen molar-refractivity contribution in [1.29, 1.82) is 0 Å². The fourth-order valence-electron chi connectivity index (χ4n) is 1.47. The number of aromatic nitrogens is 3. The molecule has 1 aromatic carbocycles. The van der Waals surface area contributed by atoms with Gasteiger partial charge in [-0.25, -0.2) is 0 Å². The molecule has 0 aliphatic heterocycles. The molecular formula is C11H12BrN3OS. The number of hydrogen-bond donors (Lipinski definition) is 1. The Hall–Kier alpha value is -1.14. The summed E-state index contributed by atoms with van der Waals surface area (Å²) in [6.07, 6.45) is 0. The summed E-state index contributed by atoms with van der Waals surface area (Å²) in [4.78, 5) is 0. The first-order valence-corrected chi connectivity index (χ1v) is 6.43. The third-order valence-corrected chi connectivity index (χ3v) is 3.18. The molecule has 6 heteroatoms. The van der Waals surface area contributed by atoms with Gasteiger partial charge < -0.3 is 9.30 Å². The molecule has 4 nitrogen and oxygen atoms in total. The first-order chi connectivity index (χ1) is 8.20. The van der Waals surface area contributed by atoms with Gasteiger partial charge in [-0.1, -0.05) is 15.9 Å². The van der Waals surface area contributed by atoms with E-state index >= 15 is 0 Å². The molecule has 1 heterocycles. The second-order valence-electron chi connectivity index (χ2n) is 3.43. The lowest BCUT2D eigenvalue weighted by Crippen LogP contribution is -2.06. The maximum absolute atomic E-state index is 5.63. The lowest BCUT2D eigenvalue weighted by atomic mass is 10.3. The standard InChI is InChI=1S/C11H12BrN3OS/c1-2-15-10(13-14-11(15)17)7-16-9-5-3-8(12)4-6-9/h3-6H,2,7H2,1H3,(H,14,17). The highest BCUT2D eigenvalue weighted by Crippen LogP contribution is 2.17. The van der Waals surface area contributed by atoms with Gasteiger partial charge in [0, 0.05) is 11.0 Å². The zero-order valence-corrected chi connectivity index (χ0v) is 11.7. The van der Waals surface area contributed by atoms with Crippen LogP contribution < -0.4 is 4.74 Å². The SMILES string of the molecule is CCn1c(COc2ccc(Br)cc2)n[nH]c1=S. The van der Waals surface area contributed by atoms with E-state index in [1.54, 1.807) is 0 Å². The van der Waals surface area contributed by atoms with Crippen molar-refractivity contribution < 1.29 is 4.74 Å². The van der Waals surface area contributed by atoms with E-state index in [9.17, 15) is 0 Å². The van der Waals surface area contributed by atoms with Gasteiger partial charge in [0.05, 0.1) is 0 Å². The molecule has 17 heavy (non-hydrogen) atoms. The van der Waals surface area contributed by atoms with Crippen LogP contribution in [-0.2, 0) is 13.2 Å². The summed E-state index contributed by atoms with van der Waals surface area (Å²) in [5.41, 5.74) is 0. The average Bonchev–Trinajstić information content (AvgIpc) is 2.69. The molecule has 0 fully saturated rings. The lowest BCUT2D eigenvalue weighted by Gasteiger charge is -2.06. The molecule has 1 N–H and O–H groups in total. The van der Waals surface area contributed by atoms with E-state index in [0.29, 0.717) is 11.4 Å². The Bertz CT molecular complexity index is 547. The number of nitrogens with one attached hydrogen (secondary N) is 1. The third kappa shape index (κ3) is 2.95. The van der Waals surface area contributed by atoms with Crippen LogP contribution in [0, 0.1) is 4.77 Å². The Kier molecular flexibility index (Phi) is 3.96. The number of benzene rings is 1. The molecule has 2 aromatic rings. The summed E-state index contributed by atoms with van der Waals surface area (Å²) < 4.78 is 9.20. The Morgan fingerprint density at radius 1 is 1.41 bits per heavy atom. The van der Waals surface area contributed by atoms with Crippen LogP contribution in [0.1, 0.15) is 12.7 Å². The van der Waals surface area contributed by atoms with Gasteiger partial charge in [-0.3, -0.25) is 5.10 Å². The number of ether oxygens (including phenoxy) is 1. The van der Waals surface area contributed by atoms with E-state index in [-0.39, 0.29) is 0 Å². The number of aromatic amines is 1. The monoisotopic (exact) mass is 313 g/mol. The molecular weight excluding hydrogens is 302 g/mol. The van der Waals surface area contributed by atoms with Gasteiger partial charge in [-0.15, -0.1) is 0 Å². The summed E-state index contributed by atoms with van der Waals surface area (Å²) >= 11 is 8.48. The van der Waals surface area contributed by atoms with Crippen LogP contribution in [0.25, 0.3) is 0 Å². The highest BCUT2D eigenvalue weighted by molar-refractivity contribution is 9.10. The van der Waals surface area contributed by atoms with Crippen LogP contribution in [0.5, 0.6) is 5.75 Å². The molecule has 0 saturated heterocycles. The van der Waals surface area contributed by atoms with Gasteiger partial charge >= 0.3 is 0 Å². The quantitative estimate of drug-likeness (QED) is 0.881. The van der Waals surface area contributed by atoms with Crippen molar-refractivity contribution in [3.05, 3.63) is 39.3 Å². The average molecular weight is 314 g/mol. The summed E-state index contributed by atoms with van der Waals surface area (Å²) in [6.45, 7) is 3.21. The molecule has 0 atom stereocenters. The Labute approximate surface area is 113 Å². The fraction of sp³-hybridized carbons (Fsp3) is 0.273. The van der Waals surface area contributed by atoms with Crippen molar-refractivity contribution >= 4 is 28.1 Å². The molecule has 0 spiro atoms. The van der Waals surface area contributed by atoms with E-state index < -0.39 is 0 Å². The van der Waals surface area contributed by atoms with E-state index in [1.165, 1.54) is 0 Å². The summed E-state index contributed by atoms with van der Waals surface area (Å²) in [6, 6.07) is 7.68. The Balaban J connectivity index is 2.07. The summed E-state index contributed by atoms with van der Waals surface area (Å²) in [5, 5.41) is 6.89. The summed E-state index contributed by atoms with van der Waals surface area (Å²) in [5.74, 6) is 1.62. The van der Waals surface area contributed by atoms with Crippen LogP contribution in [-0.4, -0.2) is 14.8 Å². The third-order valence-electron chi connectivity index (χ3n) is 2.34. The van der Waals surface area contributed by atoms with Crippen molar-refractivity contribution in [2.24, 2.45) is 0 Å². The van der Waals surface area contributed by atoms with Gasteiger partial charge in [0.1, 0.15) is 12.4 Å². The predicted octanol–water partition coefficient (Wildman–Crippen LogP) is 3.30. The zero-order chi connectivity index (χ0) is 12.3. The first-order valence-electron chi connectivity index (χ1n) is 5.23. The molecule has 2 rings (SSSR count). The highest BCUT2D eigenvalue weighted by Gasteiger charge is 2.04. The van der Waals surface area contributed by atoms with Crippen LogP contribution in [0.15, 0.2) is 28.7 Å². The number of rotatable bonds is 4. The van der Waals surface area contributed by atoms with Crippen LogP contribution in [0.4, 0.5) is 0 Å². The van der Waals surface area contributed by atoms with Gasteiger partial charge in [-0.05, 0) is 43.4 Å². The smallest absolute Gasteiger partial charge is 0.195 e. The molecule has 0 unspecified atom stereocenters. The number of hydrogen-bond acceptors (Lipinski definition) is 3. The van der Waals surface area contributed by atoms with Crippen molar-refractivity contribution in [3.63, 3.8) is 0 Å². The Morgan fingerprint density at radius 2 is 2.12 bits per heavy atom. The van der Waals surface area contributed by atoms with E-state index in [4.69, 9.17) is 17.0 Å². The molecule has 0 aliphatic rings. The van der Waals surface area contributed by atoms with Gasteiger partial charge in [0.25, 0.3) is 0 Å². The second kappa shape index (κ2) is 5.46. The maximum atomic E-state index is 5.63. The molecule has 0 bridgehead atoms. The lowest BCUT2D eigenvalue weighted by molar-refractivity contribution is 0.289. The van der Waals surface area contributed by atoms with Gasteiger partial charge in [0.15, 0.2) is 10.6 Å². The molecule has 90 valence electrons. The largest absolute Gasteiger partial charge is 0.486 e. The number of halogens is 1. The minimum atomic E-state index is 0.405. The minimum absolute atomic E-state index is 0.405. The summed E-state index contributed by atoms with van der Waals surface area (Å²) in [7, 11) is 0. The van der Waals surface area contributed by atoms with Gasteiger partial charge in [-0.2, -0.15) is 5.10 Å². The van der Waals surface area contributed by atoms with Crippen molar-refractivity contribution in [2.45, 2.75) is 20.1 Å². The van der Waals surface area contributed by atoms with E-state index in [0.717, 1.165) is 22.6 Å². The number of nitrogens with zero attached hydrogens (tertiary/aromatic N) is 2. The van der Waals surface area contributed by atoms with Crippen molar-refractivity contribution in [1.82, 2.24) is 14.8 Å². The van der Waals surface area contributed by atoms with Crippen LogP contribution >= 0.6 is 28.1 Å². The molecule has 0 radical (unpaired) electrons. The maximum Gasteiger partial charge on any atom is 0.195 e. The molecule has 1 aromatic heterocycles.